The minimum Gasteiger partial charge on any atom is -0.489 e. The summed E-state index contributed by atoms with van der Waals surface area (Å²) >= 11 is 7.87. The van der Waals surface area contributed by atoms with E-state index in [9.17, 15) is 13.2 Å². The summed E-state index contributed by atoms with van der Waals surface area (Å²) in [5.74, 6) is 0.510. The lowest BCUT2D eigenvalue weighted by molar-refractivity contribution is 0.0963. The minimum absolute atomic E-state index is 0.0610. The van der Waals surface area contributed by atoms with Crippen molar-refractivity contribution >= 4 is 62.0 Å². The van der Waals surface area contributed by atoms with Crippen LogP contribution in [-0.2, 0) is 10.0 Å². The van der Waals surface area contributed by atoms with Gasteiger partial charge in [0.05, 0.1) is 39.1 Å². The van der Waals surface area contributed by atoms with Crippen LogP contribution in [0.1, 0.15) is 29.2 Å². The summed E-state index contributed by atoms with van der Waals surface area (Å²) in [4.78, 5) is 26.9. The van der Waals surface area contributed by atoms with Crippen LogP contribution in [-0.4, -0.2) is 60.8 Å². The number of rotatable bonds is 10. The maximum atomic E-state index is 12.9. The van der Waals surface area contributed by atoms with Crippen LogP contribution in [0.15, 0.2) is 53.7 Å². The van der Waals surface area contributed by atoms with E-state index in [1.165, 1.54) is 37.7 Å². The van der Waals surface area contributed by atoms with Gasteiger partial charge in [-0.15, -0.1) is 11.3 Å². The van der Waals surface area contributed by atoms with Crippen molar-refractivity contribution in [2.75, 3.05) is 31.8 Å². The number of hydrogen-bond acceptors (Lipinski definition) is 10. The Bertz CT molecular complexity index is 1690. The molecule has 0 unspecified atom stereocenters. The lowest BCUT2D eigenvalue weighted by Crippen LogP contribution is -2.23. The number of aryl methyl sites for hydroxylation is 1. The number of aromatic nitrogens is 3. The van der Waals surface area contributed by atoms with Gasteiger partial charge in [0.1, 0.15) is 15.7 Å². The van der Waals surface area contributed by atoms with Gasteiger partial charge in [-0.2, -0.15) is 4.98 Å². The largest absolute Gasteiger partial charge is 0.489 e. The summed E-state index contributed by atoms with van der Waals surface area (Å²) in [5.41, 5.74) is 1.83. The fraction of sp³-hybridized carbons (Fsp3) is 0.259. The molecule has 3 N–H and O–H groups in total. The quantitative estimate of drug-likeness (QED) is 0.213. The van der Waals surface area contributed by atoms with Crippen molar-refractivity contribution in [3.63, 3.8) is 0 Å². The Morgan fingerprint density at radius 2 is 1.80 bits per heavy atom. The molecule has 0 aliphatic carbocycles. The van der Waals surface area contributed by atoms with Gasteiger partial charge in [-0.25, -0.2) is 22.7 Å². The summed E-state index contributed by atoms with van der Waals surface area (Å²) in [5, 5.41) is 9.87. The SMILES string of the molecule is CNC(=O)c1cc(Nc2ncc(Cl)c(Nc3ccccc3S(=O)(=O)N(C)C)n2)c(OC(C)C)cc1-c1cnc(C)s1. The Morgan fingerprint density at radius 3 is 2.44 bits per heavy atom. The number of benzene rings is 2. The van der Waals surface area contributed by atoms with Gasteiger partial charge in [-0.1, -0.05) is 23.7 Å². The molecular weight excluding hydrogens is 586 g/mol. The van der Waals surface area contributed by atoms with Gasteiger partial charge in [0.25, 0.3) is 5.91 Å². The number of sulfonamides is 1. The van der Waals surface area contributed by atoms with Gasteiger partial charge >= 0.3 is 0 Å². The maximum absolute atomic E-state index is 12.9. The van der Waals surface area contributed by atoms with Crippen LogP contribution in [0.3, 0.4) is 0 Å². The van der Waals surface area contributed by atoms with Crippen LogP contribution in [0.5, 0.6) is 5.75 Å². The van der Waals surface area contributed by atoms with E-state index in [4.69, 9.17) is 16.3 Å². The third-order valence-corrected chi connectivity index (χ3v) is 8.83. The standard InChI is InChI=1S/C27H30ClN7O4S2/c1-15(2)39-22-12-17(23-14-30-16(3)40-23)18(26(36)29-4)11-21(22)33-27-31-13-19(28)25(34-27)32-20-9-7-8-10-24(20)41(37,38)35(5)6/h7-15H,1-6H3,(H,29,36)(H2,31,32,33,34). The zero-order valence-electron chi connectivity index (χ0n) is 23.3. The number of carbonyl (C=O) groups excluding carboxylic acids is 1. The van der Waals surface area contributed by atoms with Crippen molar-refractivity contribution < 1.29 is 17.9 Å². The van der Waals surface area contributed by atoms with Crippen molar-refractivity contribution in [3.05, 3.63) is 64.4 Å². The molecule has 0 radical (unpaired) electrons. The monoisotopic (exact) mass is 615 g/mol. The van der Waals surface area contributed by atoms with Gasteiger partial charge < -0.3 is 20.7 Å². The fourth-order valence-electron chi connectivity index (χ4n) is 3.80. The smallest absolute Gasteiger partial charge is 0.251 e. The van der Waals surface area contributed by atoms with Crippen molar-refractivity contribution in [2.45, 2.75) is 31.8 Å². The van der Waals surface area contributed by atoms with Gasteiger partial charge in [0.2, 0.25) is 16.0 Å². The number of hydrogen-bond donors (Lipinski definition) is 3. The zero-order chi connectivity index (χ0) is 29.9. The molecule has 14 heteroatoms. The van der Waals surface area contributed by atoms with Crippen molar-refractivity contribution in [3.8, 4) is 16.2 Å². The lowest BCUT2D eigenvalue weighted by atomic mass is 10.0. The normalized spacial score (nSPS) is 11.5. The first-order valence-electron chi connectivity index (χ1n) is 12.5. The van der Waals surface area contributed by atoms with E-state index >= 15 is 0 Å². The van der Waals surface area contributed by atoms with Gasteiger partial charge in [0, 0.05) is 32.9 Å². The fourth-order valence-corrected chi connectivity index (χ4v) is 5.78. The molecular formula is C27H30ClN7O4S2. The second-order valence-corrected chi connectivity index (χ2v) is 13.1. The highest BCUT2D eigenvalue weighted by Gasteiger charge is 2.23. The number of ether oxygens (including phenoxy) is 1. The number of nitrogens with zero attached hydrogens (tertiary/aromatic N) is 4. The van der Waals surface area contributed by atoms with Gasteiger partial charge in [0.15, 0.2) is 5.82 Å². The minimum atomic E-state index is -3.75. The van der Waals surface area contributed by atoms with Crippen LogP contribution in [0, 0.1) is 6.92 Å². The number of carbonyl (C=O) groups is 1. The number of thiazole rings is 1. The molecule has 0 fully saturated rings. The second-order valence-electron chi connectivity index (χ2n) is 9.31. The number of para-hydroxylation sites is 1. The molecule has 0 spiro atoms. The first-order valence-corrected chi connectivity index (χ1v) is 15.1. The molecule has 0 aliphatic rings. The molecule has 4 rings (SSSR count). The highest BCUT2D eigenvalue weighted by Crippen LogP contribution is 2.39. The molecule has 2 heterocycles. The molecule has 0 saturated carbocycles. The molecule has 41 heavy (non-hydrogen) atoms. The van der Waals surface area contributed by atoms with Crippen molar-refractivity contribution in [1.29, 1.82) is 0 Å². The predicted octanol–water partition coefficient (Wildman–Crippen LogP) is 5.45. The summed E-state index contributed by atoms with van der Waals surface area (Å²) in [6.45, 7) is 5.69. The molecule has 1 amide bonds. The highest BCUT2D eigenvalue weighted by atomic mass is 35.5. The van der Waals surface area contributed by atoms with Crippen LogP contribution in [0.25, 0.3) is 10.4 Å². The second kappa shape index (κ2) is 12.4. The van der Waals surface area contributed by atoms with Gasteiger partial charge in [-0.3, -0.25) is 4.79 Å². The Hall–Kier alpha value is -3.78. The number of anilines is 4. The van der Waals surface area contributed by atoms with E-state index in [-0.39, 0.29) is 33.7 Å². The third-order valence-electron chi connectivity index (χ3n) is 5.73. The van der Waals surface area contributed by atoms with Crippen molar-refractivity contribution in [1.82, 2.24) is 24.6 Å². The Labute approximate surface area is 248 Å². The summed E-state index contributed by atoms with van der Waals surface area (Å²) in [6.07, 6.45) is 2.94. The van der Waals surface area contributed by atoms with E-state index in [1.54, 1.807) is 43.6 Å². The van der Waals surface area contributed by atoms with Crippen LogP contribution in [0.2, 0.25) is 5.02 Å². The van der Waals surface area contributed by atoms with Gasteiger partial charge in [-0.05, 0) is 45.0 Å². The molecule has 0 atom stereocenters. The highest BCUT2D eigenvalue weighted by molar-refractivity contribution is 7.89. The molecule has 4 aromatic rings. The van der Waals surface area contributed by atoms with E-state index in [1.807, 2.05) is 20.8 Å². The Balaban J connectivity index is 1.77. The molecule has 216 valence electrons. The van der Waals surface area contributed by atoms with Crippen LogP contribution in [0.4, 0.5) is 23.1 Å². The van der Waals surface area contributed by atoms with Crippen molar-refractivity contribution in [2.24, 2.45) is 0 Å². The van der Waals surface area contributed by atoms with E-state index in [0.29, 0.717) is 28.3 Å². The maximum Gasteiger partial charge on any atom is 0.251 e. The molecule has 0 saturated heterocycles. The van der Waals surface area contributed by atoms with E-state index in [0.717, 1.165) is 14.2 Å². The number of nitrogens with one attached hydrogen (secondary N) is 3. The summed E-state index contributed by atoms with van der Waals surface area (Å²) < 4.78 is 33.0. The number of halogens is 1. The molecule has 2 aromatic carbocycles. The molecule has 0 aliphatic heterocycles. The van der Waals surface area contributed by atoms with E-state index in [2.05, 4.69) is 30.9 Å². The zero-order valence-corrected chi connectivity index (χ0v) is 25.7. The molecule has 0 bridgehead atoms. The average molecular weight is 616 g/mol. The summed E-state index contributed by atoms with van der Waals surface area (Å²) in [7, 11) is 0.724. The predicted molar refractivity (Wildman–Crippen MR) is 162 cm³/mol. The topological polar surface area (TPSA) is 138 Å². The average Bonchev–Trinajstić information content (AvgIpc) is 3.36. The van der Waals surface area contributed by atoms with Crippen LogP contribution < -0.4 is 20.7 Å². The first kappa shape index (κ1) is 30.2. The lowest BCUT2D eigenvalue weighted by Gasteiger charge is -2.19. The Kier molecular flexibility index (Phi) is 9.12. The molecule has 2 aromatic heterocycles. The number of amides is 1. The third kappa shape index (κ3) is 6.76. The Morgan fingerprint density at radius 1 is 1.07 bits per heavy atom. The van der Waals surface area contributed by atoms with Crippen LogP contribution >= 0.6 is 22.9 Å². The summed E-state index contributed by atoms with van der Waals surface area (Å²) in [6, 6.07) is 9.91. The van der Waals surface area contributed by atoms with E-state index < -0.39 is 10.0 Å². The molecule has 11 nitrogen and oxygen atoms in total. The first-order chi connectivity index (χ1) is 19.4.